The van der Waals surface area contributed by atoms with Gasteiger partial charge in [-0.15, -0.1) is 0 Å². The van der Waals surface area contributed by atoms with Crippen LogP contribution in [0.1, 0.15) is 25.1 Å². The monoisotopic (exact) mass is 251 g/mol. The van der Waals surface area contributed by atoms with Gasteiger partial charge >= 0.3 is 0 Å². The fraction of sp³-hybridized carbons (Fsp3) is 0.643. The minimum absolute atomic E-state index is 0.335. The number of aryl methyl sites for hydroxylation is 1. The molecule has 1 N–H and O–H groups in total. The summed E-state index contributed by atoms with van der Waals surface area (Å²) in [5.41, 5.74) is 1.99. The lowest BCUT2D eigenvalue weighted by molar-refractivity contribution is -0.0451. The van der Waals surface area contributed by atoms with Crippen molar-refractivity contribution in [1.82, 2.24) is 15.2 Å². The number of nitrogens with one attached hydrogen (secondary N) is 1. The Balaban J connectivity index is 0.000000574. The van der Waals surface area contributed by atoms with Crippen LogP contribution in [0.15, 0.2) is 12.1 Å². The molecular weight excluding hydrogens is 229 g/mol. The van der Waals surface area contributed by atoms with Crippen LogP contribution in [0.25, 0.3) is 0 Å². The molecule has 0 aromatic carbocycles. The maximum Gasteiger partial charge on any atom is 0.216 e. The van der Waals surface area contributed by atoms with Gasteiger partial charge in [0.25, 0.3) is 0 Å². The number of nitrogens with zero attached hydrogens (tertiary/aromatic N) is 2. The number of rotatable bonds is 2. The third-order valence-electron chi connectivity index (χ3n) is 3.60. The van der Waals surface area contributed by atoms with Gasteiger partial charge in [0.05, 0.1) is 5.69 Å². The number of pyridine rings is 1. The van der Waals surface area contributed by atoms with Gasteiger partial charge in [-0.1, -0.05) is 19.9 Å². The summed E-state index contributed by atoms with van der Waals surface area (Å²) in [5.74, 6) is -0.335. The van der Waals surface area contributed by atoms with E-state index in [0.29, 0.717) is 11.0 Å². The molecule has 0 amide bonds. The third kappa shape index (κ3) is 2.54. The average Bonchev–Trinajstić information content (AvgIpc) is 2.28. The van der Waals surface area contributed by atoms with Crippen molar-refractivity contribution in [3.05, 3.63) is 29.3 Å². The minimum atomic E-state index is -0.335. The second-order valence-electron chi connectivity index (χ2n) is 5.16. The van der Waals surface area contributed by atoms with Crippen LogP contribution < -0.4 is 5.32 Å². The summed E-state index contributed by atoms with van der Waals surface area (Å²) in [7, 11) is 0. The van der Waals surface area contributed by atoms with Gasteiger partial charge in [0, 0.05) is 43.7 Å². The van der Waals surface area contributed by atoms with Crippen molar-refractivity contribution in [2.75, 3.05) is 26.2 Å². The highest BCUT2D eigenvalue weighted by Crippen LogP contribution is 2.34. The summed E-state index contributed by atoms with van der Waals surface area (Å²) < 4.78 is 13.2. The highest BCUT2D eigenvalue weighted by Gasteiger charge is 2.47. The summed E-state index contributed by atoms with van der Waals surface area (Å²) in [6.45, 7) is 11.0. The minimum Gasteiger partial charge on any atom is -0.315 e. The molecule has 18 heavy (non-hydrogen) atoms. The first-order valence-electron chi connectivity index (χ1n) is 6.72. The lowest BCUT2D eigenvalue weighted by Crippen LogP contribution is -2.70. The smallest absolute Gasteiger partial charge is 0.216 e. The van der Waals surface area contributed by atoms with E-state index in [-0.39, 0.29) is 5.95 Å². The van der Waals surface area contributed by atoms with Crippen molar-refractivity contribution in [1.29, 1.82) is 0 Å². The Morgan fingerprint density at radius 1 is 1.33 bits per heavy atom. The molecule has 4 heteroatoms. The quantitative estimate of drug-likeness (QED) is 0.814. The zero-order valence-electron chi connectivity index (χ0n) is 11.5. The van der Waals surface area contributed by atoms with Crippen molar-refractivity contribution in [3.63, 3.8) is 0 Å². The first-order valence-corrected chi connectivity index (χ1v) is 6.72. The summed E-state index contributed by atoms with van der Waals surface area (Å²) in [4.78, 5) is 6.29. The average molecular weight is 251 g/mol. The fourth-order valence-corrected chi connectivity index (χ4v) is 2.57. The molecule has 0 aliphatic carbocycles. The summed E-state index contributed by atoms with van der Waals surface area (Å²) in [5, 5.41) is 3.30. The van der Waals surface area contributed by atoms with Gasteiger partial charge in [-0.05, 0) is 13.0 Å². The molecule has 3 rings (SSSR count). The number of likely N-dealkylation sites (tertiary alicyclic amines) is 1. The van der Waals surface area contributed by atoms with Crippen LogP contribution in [0.5, 0.6) is 0 Å². The number of hydrogen-bond donors (Lipinski definition) is 1. The van der Waals surface area contributed by atoms with Crippen molar-refractivity contribution < 1.29 is 4.39 Å². The zero-order chi connectivity index (χ0) is 13.2. The Morgan fingerprint density at radius 3 is 2.50 bits per heavy atom. The molecule has 0 radical (unpaired) electrons. The van der Waals surface area contributed by atoms with Gasteiger partial charge in [-0.2, -0.15) is 4.39 Å². The molecule has 1 spiro atoms. The van der Waals surface area contributed by atoms with Gasteiger partial charge in [-0.3, -0.25) is 4.90 Å². The second kappa shape index (κ2) is 5.33. The maximum absolute atomic E-state index is 13.2. The molecule has 1 aromatic heterocycles. The number of halogens is 1. The van der Waals surface area contributed by atoms with Gasteiger partial charge in [0.15, 0.2) is 0 Å². The first kappa shape index (κ1) is 13.4. The predicted molar refractivity (Wildman–Crippen MR) is 70.9 cm³/mol. The van der Waals surface area contributed by atoms with Crippen molar-refractivity contribution in [2.24, 2.45) is 5.41 Å². The van der Waals surface area contributed by atoms with Crippen molar-refractivity contribution in [3.8, 4) is 0 Å². The second-order valence-corrected chi connectivity index (χ2v) is 5.16. The van der Waals surface area contributed by atoms with E-state index in [1.165, 1.54) is 0 Å². The van der Waals surface area contributed by atoms with Crippen LogP contribution in [-0.4, -0.2) is 36.1 Å². The molecule has 2 saturated heterocycles. The van der Waals surface area contributed by atoms with Gasteiger partial charge in [0.2, 0.25) is 5.95 Å². The highest BCUT2D eigenvalue weighted by molar-refractivity contribution is 5.15. The van der Waals surface area contributed by atoms with Crippen LogP contribution in [0, 0.1) is 18.3 Å². The van der Waals surface area contributed by atoms with Gasteiger partial charge < -0.3 is 5.32 Å². The summed E-state index contributed by atoms with van der Waals surface area (Å²) >= 11 is 0. The molecule has 2 aliphatic heterocycles. The van der Waals surface area contributed by atoms with E-state index >= 15 is 0 Å². The standard InChI is InChI=1S/C12H16FN3.C2H6/c1-9-2-3-10(15-11(9)13)4-16-7-12(8-16)5-14-6-12;1-2/h2-3,14H,4-8H2,1H3;1-2H3. The van der Waals surface area contributed by atoms with E-state index in [2.05, 4.69) is 15.2 Å². The van der Waals surface area contributed by atoms with Crippen LogP contribution in [0.4, 0.5) is 4.39 Å². The van der Waals surface area contributed by atoms with Crippen LogP contribution in [-0.2, 0) is 6.54 Å². The van der Waals surface area contributed by atoms with Crippen LogP contribution in [0.3, 0.4) is 0 Å². The largest absolute Gasteiger partial charge is 0.315 e. The Labute approximate surface area is 108 Å². The van der Waals surface area contributed by atoms with E-state index < -0.39 is 0 Å². The van der Waals surface area contributed by atoms with E-state index in [1.54, 1.807) is 13.0 Å². The molecule has 3 heterocycles. The Bertz CT molecular complexity index is 408. The summed E-state index contributed by atoms with van der Waals surface area (Å²) in [6.07, 6.45) is 0. The number of aromatic nitrogens is 1. The van der Waals surface area contributed by atoms with Gasteiger partial charge in [0.1, 0.15) is 0 Å². The molecule has 3 nitrogen and oxygen atoms in total. The van der Waals surface area contributed by atoms with Crippen LogP contribution in [0.2, 0.25) is 0 Å². The predicted octanol–water partition coefficient (Wildman–Crippen LogP) is 1.96. The third-order valence-corrected chi connectivity index (χ3v) is 3.60. The van der Waals surface area contributed by atoms with E-state index in [4.69, 9.17) is 0 Å². The molecule has 0 bridgehead atoms. The zero-order valence-corrected chi connectivity index (χ0v) is 11.5. The summed E-state index contributed by atoms with van der Waals surface area (Å²) in [6, 6.07) is 3.72. The molecule has 100 valence electrons. The SMILES string of the molecule is CC.Cc1ccc(CN2CC3(CNC3)C2)nc1F. The molecule has 2 fully saturated rings. The topological polar surface area (TPSA) is 28.2 Å². The first-order chi connectivity index (χ1) is 8.67. The van der Waals surface area contributed by atoms with Crippen molar-refractivity contribution >= 4 is 0 Å². The Hall–Kier alpha value is -1.00. The molecular formula is C14H22FN3. The Morgan fingerprint density at radius 2 is 2.00 bits per heavy atom. The molecule has 0 unspecified atom stereocenters. The van der Waals surface area contributed by atoms with E-state index in [1.807, 2.05) is 19.9 Å². The highest BCUT2D eigenvalue weighted by atomic mass is 19.1. The van der Waals surface area contributed by atoms with Crippen molar-refractivity contribution in [2.45, 2.75) is 27.3 Å². The van der Waals surface area contributed by atoms with E-state index in [9.17, 15) is 4.39 Å². The van der Waals surface area contributed by atoms with Crippen LogP contribution >= 0.6 is 0 Å². The molecule has 2 aliphatic rings. The van der Waals surface area contributed by atoms with E-state index in [0.717, 1.165) is 38.4 Å². The lowest BCUT2D eigenvalue weighted by Gasteiger charge is -2.56. The number of hydrogen-bond acceptors (Lipinski definition) is 3. The van der Waals surface area contributed by atoms with Gasteiger partial charge in [-0.25, -0.2) is 4.98 Å². The Kier molecular flexibility index (Phi) is 3.97. The molecule has 0 saturated carbocycles. The molecule has 0 atom stereocenters. The maximum atomic E-state index is 13.2. The normalized spacial score (nSPS) is 20.7. The fourth-order valence-electron chi connectivity index (χ4n) is 2.57. The molecule has 1 aromatic rings. The lowest BCUT2D eigenvalue weighted by atomic mass is 9.74.